The summed E-state index contributed by atoms with van der Waals surface area (Å²) in [5, 5.41) is 2.72. The van der Waals surface area contributed by atoms with Crippen LogP contribution in [0.1, 0.15) is 18.5 Å². The van der Waals surface area contributed by atoms with Gasteiger partial charge in [0.25, 0.3) is 0 Å². The van der Waals surface area contributed by atoms with Gasteiger partial charge in [-0.3, -0.25) is 4.79 Å². The number of amides is 1. The topological polar surface area (TPSA) is 73.6 Å². The molecule has 1 aromatic rings. The summed E-state index contributed by atoms with van der Waals surface area (Å²) in [6.45, 7) is 2.41. The second-order valence-electron chi connectivity index (χ2n) is 4.22. The van der Waals surface area contributed by atoms with Gasteiger partial charge in [0, 0.05) is 24.4 Å². The lowest BCUT2D eigenvalue weighted by atomic mass is 10.1. The highest BCUT2D eigenvalue weighted by Gasteiger charge is 2.28. The maximum atomic E-state index is 11.5. The number of nitrogens with one attached hydrogen (secondary N) is 1. The van der Waals surface area contributed by atoms with E-state index in [1.54, 1.807) is 13.2 Å². The van der Waals surface area contributed by atoms with E-state index in [1.165, 1.54) is 0 Å². The molecule has 0 saturated carbocycles. The summed E-state index contributed by atoms with van der Waals surface area (Å²) in [6, 6.07) is 2.98. The van der Waals surface area contributed by atoms with Crippen molar-refractivity contribution in [1.29, 1.82) is 0 Å². The minimum Gasteiger partial charge on any atom is -0.487 e. The van der Waals surface area contributed by atoms with Crippen LogP contribution in [-0.2, 0) is 9.53 Å². The van der Waals surface area contributed by atoms with Gasteiger partial charge in [-0.15, -0.1) is 0 Å². The number of hydrogen-bond acceptors (Lipinski definition) is 4. The van der Waals surface area contributed by atoms with E-state index < -0.39 is 6.04 Å². The Kier molecular flexibility index (Phi) is 3.89. The van der Waals surface area contributed by atoms with E-state index in [0.717, 1.165) is 10.0 Å². The average Bonchev–Trinajstić information content (AvgIpc) is 2.57. The molecule has 2 unspecified atom stereocenters. The Balaban J connectivity index is 2.24. The number of carbonyl (C=O) groups is 1. The van der Waals surface area contributed by atoms with Crippen LogP contribution < -0.4 is 15.8 Å². The number of anilines is 1. The van der Waals surface area contributed by atoms with Crippen molar-refractivity contribution in [2.24, 2.45) is 5.73 Å². The molecule has 0 saturated heterocycles. The smallest absolute Gasteiger partial charge is 0.245 e. The predicted molar refractivity (Wildman–Crippen MR) is 71.7 cm³/mol. The number of methoxy groups -OCH3 is 1. The third-order valence-corrected chi connectivity index (χ3v) is 3.33. The maximum absolute atomic E-state index is 11.5. The van der Waals surface area contributed by atoms with Crippen LogP contribution in [-0.4, -0.2) is 25.7 Å². The van der Waals surface area contributed by atoms with Crippen LogP contribution in [0.3, 0.4) is 0 Å². The number of nitrogens with two attached hydrogens (primary N) is 1. The summed E-state index contributed by atoms with van der Waals surface area (Å²) in [7, 11) is 1.62. The number of benzene rings is 1. The van der Waals surface area contributed by atoms with Gasteiger partial charge in [0.15, 0.2) is 0 Å². The molecular formula is C12H15BrN2O3. The van der Waals surface area contributed by atoms with Crippen molar-refractivity contribution in [1.82, 2.24) is 0 Å². The second-order valence-corrected chi connectivity index (χ2v) is 5.07. The minimum absolute atomic E-state index is 0.0740. The van der Waals surface area contributed by atoms with Crippen LogP contribution in [0.15, 0.2) is 16.6 Å². The van der Waals surface area contributed by atoms with Gasteiger partial charge in [0.2, 0.25) is 5.91 Å². The minimum atomic E-state index is -0.609. The summed E-state index contributed by atoms with van der Waals surface area (Å²) in [5.41, 5.74) is 7.24. The monoisotopic (exact) mass is 314 g/mol. The molecule has 0 aromatic heterocycles. The summed E-state index contributed by atoms with van der Waals surface area (Å²) in [5.74, 6) is 0.465. The molecule has 0 radical (unpaired) electrons. The average molecular weight is 315 g/mol. The zero-order chi connectivity index (χ0) is 13.3. The molecular weight excluding hydrogens is 300 g/mol. The third kappa shape index (κ3) is 2.50. The van der Waals surface area contributed by atoms with Gasteiger partial charge in [-0.1, -0.05) is 0 Å². The normalized spacial score (nSPS) is 19.3. The van der Waals surface area contributed by atoms with Crippen molar-refractivity contribution in [2.75, 3.05) is 19.0 Å². The molecule has 1 heterocycles. The van der Waals surface area contributed by atoms with Crippen LogP contribution in [0.4, 0.5) is 5.69 Å². The number of ether oxygens (including phenoxy) is 2. The van der Waals surface area contributed by atoms with Crippen molar-refractivity contribution in [2.45, 2.75) is 19.1 Å². The van der Waals surface area contributed by atoms with E-state index >= 15 is 0 Å². The first-order valence-corrected chi connectivity index (χ1v) is 6.37. The highest BCUT2D eigenvalue weighted by molar-refractivity contribution is 9.10. The quantitative estimate of drug-likeness (QED) is 0.889. The van der Waals surface area contributed by atoms with Crippen molar-refractivity contribution in [3.63, 3.8) is 0 Å². The first-order chi connectivity index (χ1) is 8.52. The van der Waals surface area contributed by atoms with Gasteiger partial charge in [-0.25, -0.2) is 0 Å². The molecule has 1 aliphatic heterocycles. The summed E-state index contributed by atoms with van der Waals surface area (Å²) in [4.78, 5) is 11.5. The van der Waals surface area contributed by atoms with Gasteiger partial charge >= 0.3 is 0 Å². The van der Waals surface area contributed by atoms with Gasteiger partial charge in [-0.2, -0.15) is 0 Å². The largest absolute Gasteiger partial charge is 0.487 e. The Morgan fingerprint density at radius 2 is 2.28 bits per heavy atom. The van der Waals surface area contributed by atoms with E-state index in [1.807, 2.05) is 13.0 Å². The third-order valence-electron chi connectivity index (χ3n) is 2.71. The zero-order valence-electron chi connectivity index (χ0n) is 10.2. The molecule has 2 rings (SSSR count). The molecule has 2 atom stereocenters. The van der Waals surface area contributed by atoms with Crippen molar-refractivity contribution < 1.29 is 14.3 Å². The zero-order valence-corrected chi connectivity index (χ0v) is 11.8. The van der Waals surface area contributed by atoms with E-state index in [4.69, 9.17) is 15.2 Å². The molecule has 6 heteroatoms. The molecule has 0 spiro atoms. The van der Waals surface area contributed by atoms with E-state index in [-0.39, 0.29) is 12.0 Å². The fourth-order valence-corrected chi connectivity index (χ4v) is 2.32. The molecule has 5 nitrogen and oxygen atoms in total. The van der Waals surface area contributed by atoms with Crippen LogP contribution in [0, 0.1) is 0 Å². The first kappa shape index (κ1) is 13.3. The molecule has 1 aromatic carbocycles. The Morgan fingerprint density at radius 1 is 1.56 bits per heavy atom. The van der Waals surface area contributed by atoms with Gasteiger partial charge in [-0.05, 0) is 28.9 Å². The lowest BCUT2D eigenvalue weighted by molar-refractivity contribution is -0.116. The molecule has 3 N–H and O–H groups in total. The van der Waals surface area contributed by atoms with Crippen LogP contribution >= 0.6 is 15.9 Å². The number of rotatable bonds is 4. The lowest BCUT2D eigenvalue weighted by Crippen LogP contribution is -2.19. The fraction of sp³-hybridized carbons (Fsp3) is 0.417. The molecule has 1 amide bonds. The molecule has 0 aliphatic carbocycles. The predicted octanol–water partition coefficient (Wildman–Crippen LogP) is 1.81. The number of halogens is 1. The van der Waals surface area contributed by atoms with Crippen LogP contribution in [0.5, 0.6) is 5.75 Å². The van der Waals surface area contributed by atoms with Crippen molar-refractivity contribution >= 4 is 27.5 Å². The first-order valence-electron chi connectivity index (χ1n) is 5.58. The van der Waals surface area contributed by atoms with Gasteiger partial charge < -0.3 is 20.5 Å². The Bertz CT molecular complexity index is 479. The highest BCUT2D eigenvalue weighted by atomic mass is 79.9. The summed E-state index contributed by atoms with van der Waals surface area (Å²) in [6.07, 6.45) is -0.0740. The second kappa shape index (κ2) is 5.26. The van der Waals surface area contributed by atoms with Gasteiger partial charge in [0.1, 0.15) is 17.9 Å². The van der Waals surface area contributed by atoms with E-state index in [2.05, 4.69) is 21.2 Å². The van der Waals surface area contributed by atoms with Gasteiger partial charge in [0.05, 0.1) is 11.1 Å². The van der Waals surface area contributed by atoms with Crippen LogP contribution in [0.2, 0.25) is 0 Å². The lowest BCUT2D eigenvalue weighted by Gasteiger charge is -2.16. The Morgan fingerprint density at radius 3 is 2.94 bits per heavy atom. The fourth-order valence-electron chi connectivity index (χ4n) is 1.86. The number of fused-ring (bicyclic) bond motifs is 1. The maximum Gasteiger partial charge on any atom is 0.245 e. The Labute approximate surface area is 114 Å². The molecule has 98 valence electrons. The molecule has 0 bridgehead atoms. The Hall–Kier alpha value is -1.11. The standard InChI is InChI=1S/C12H15BrN2O3/c1-6(5-17-2)18-10-4-9-7(3-8(10)13)11(14)12(16)15-9/h3-4,6,11H,5,14H2,1-2H3,(H,15,16). The SMILES string of the molecule is COCC(C)Oc1cc2c(cc1Br)C(N)C(=O)N2. The molecule has 1 aliphatic rings. The molecule has 18 heavy (non-hydrogen) atoms. The summed E-state index contributed by atoms with van der Waals surface area (Å²) >= 11 is 3.42. The summed E-state index contributed by atoms with van der Waals surface area (Å²) < 4.78 is 11.5. The highest BCUT2D eigenvalue weighted by Crippen LogP contribution is 2.38. The molecule has 0 fully saturated rings. The number of carbonyl (C=O) groups excluding carboxylic acids is 1. The van der Waals surface area contributed by atoms with Crippen molar-refractivity contribution in [3.05, 3.63) is 22.2 Å². The number of hydrogen-bond donors (Lipinski definition) is 2. The van der Waals surface area contributed by atoms with Crippen LogP contribution in [0.25, 0.3) is 0 Å². The van der Waals surface area contributed by atoms with Crippen molar-refractivity contribution in [3.8, 4) is 5.75 Å². The van der Waals surface area contributed by atoms with E-state index in [0.29, 0.717) is 18.0 Å². The van der Waals surface area contributed by atoms with E-state index in [9.17, 15) is 4.79 Å².